The van der Waals surface area contributed by atoms with Crippen molar-refractivity contribution in [2.75, 3.05) is 0 Å². The number of hydrogen-bond acceptors (Lipinski definition) is 3. The first kappa shape index (κ1) is 18.1. The molecule has 126 valence electrons. The summed E-state index contributed by atoms with van der Waals surface area (Å²) in [6, 6.07) is 15.4. The molecule has 0 spiro atoms. The SMILES string of the molecule is Cc1ccccc1O[PH](Cl)(Oc1ccccc1C)OC(C)(C)C. The van der Waals surface area contributed by atoms with E-state index in [9.17, 15) is 0 Å². The molecule has 0 saturated heterocycles. The summed E-state index contributed by atoms with van der Waals surface area (Å²) in [7, 11) is -3.46. The molecule has 0 N–H and O–H groups in total. The van der Waals surface area contributed by atoms with Gasteiger partial charge >= 0.3 is 143 Å². The molecule has 0 aliphatic rings. The molecule has 0 bridgehead atoms. The second-order valence-corrected chi connectivity index (χ2v) is 9.40. The molecular weight excluding hydrogens is 331 g/mol. The van der Waals surface area contributed by atoms with Crippen LogP contribution in [0.4, 0.5) is 0 Å². The third-order valence-corrected chi connectivity index (χ3v) is 5.56. The second-order valence-electron chi connectivity index (χ2n) is 6.43. The third-order valence-electron chi connectivity index (χ3n) is 3.08. The van der Waals surface area contributed by atoms with E-state index in [2.05, 4.69) is 0 Å². The van der Waals surface area contributed by atoms with Crippen LogP contribution in [-0.4, -0.2) is 5.60 Å². The number of rotatable bonds is 5. The number of benzene rings is 2. The van der Waals surface area contributed by atoms with Gasteiger partial charge in [0.25, 0.3) is 0 Å². The zero-order valence-corrected chi connectivity index (χ0v) is 16.0. The van der Waals surface area contributed by atoms with Gasteiger partial charge in [-0.2, -0.15) is 0 Å². The van der Waals surface area contributed by atoms with Crippen molar-refractivity contribution in [3.05, 3.63) is 59.7 Å². The van der Waals surface area contributed by atoms with E-state index in [-0.39, 0.29) is 0 Å². The summed E-state index contributed by atoms with van der Waals surface area (Å²) in [4.78, 5) is 0. The Hall–Kier alpha value is -1.28. The normalized spacial score (nSPS) is 12.8. The molecule has 5 heteroatoms. The van der Waals surface area contributed by atoms with Crippen LogP contribution in [0, 0.1) is 13.8 Å². The molecule has 2 aromatic rings. The van der Waals surface area contributed by atoms with Crippen molar-refractivity contribution in [3.63, 3.8) is 0 Å². The Labute approximate surface area is 143 Å². The Morgan fingerprint density at radius 2 is 1.17 bits per heavy atom. The average molecular weight is 355 g/mol. The Morgan fingerprint density at radius 1 is 0.783 bits per heavy atom. The van der Waals surface area contributed by atoms with Crippen LogP contribution < -0.4 is 9.05 Å². The van der Waals surface area contributed by atoms with Crippen molar-refractivity contribution in [3.8, 4) is 11.5 Å². The Bertz CT molecular complexity index is 620. The van der Waals surface area contributed by atoms with Gasteiger partial charge in [-0.25, -0.2) is 0 Å². The van der Waals surface area contributed by atoms with Crippen molar-refractivity contribution >= 4 is 18.5 Å². The summed E-state index contributed by atoms with van der Waals surface area (Å²) in [6.45, 7) is 9.72. The Morgan fingerprint density at radius 3 is 1.52 bits per heavy atom. The molecule has 0 heterocycles. The Balaban J connectivity index is 2.32. The Kier molecular flexibility index (Phi) is 5.57. The van der Waals surface area contributed by atoms with Gasteiger partial charge in [-0.05, 0) is 0 Å². The summed E-state index contributed by atoms with van der Waals surface area (Å²) in [6.07, 6.45) is 0. The number of para-hydroxylation sites is 2. The topological polar surface area (TPSA) is 27.7 Å². The van der Waals surface area contributed by atoms with Gasteiger partial charge in [-0.15, -0.1) is 0 Å². The van der Waals surface area contributed by atoms with Gasteiger partial charge in [0, 0.05) is 0 Å². The van der Waals surface area contributed by atoms with E-state index >= 15 is 0 Å². The molecule has 0 atom stereocenters. The van der Waals surface area contributed by atoms with Crippen molar-refractivity contribution in [1.29, 1.82) is 0 Å². The van der Waals surface area contributed by atoms with Crippen molar-refractivity contribution < 1.29 is 13.6 Å². The maximum absolute atomic E-state index is 6.71. The molecule has 0 radical (unpaired) electrons. The number of hydrogen-bond donors (Lipinski definition) is 0. The van der Waals surface area contributed by atoms with E-state index in [4.69, 9.17) is 24.8 Å². The average Bonchev–Trinajstić information content (AvgIpc) is 2.42. The van der Waals surface area contributed by atoms with Crippen LogP contribution in [-0.2, 0) is 4.52 Å². The fourth-order valence-electron chi connectivity index (χ4n) is 2.03. The summed E-state index contributed by atoms with van der Waals surface area (Å²) in [5.41, 5.74) is 1.48. The van der Waals surface area contributed by atoms with Crippen LogP contribution in [0.25, 0.3) is 0 Å². The van der Waals surface area contributed by atoms with Gasteiger partial charge in [0.15, 0.2) is 0 Å². The molecule has 2 aromatic carbocycles. The third kappa shape index (κ3) is 5.39. The van der Waals surface area contributed by atoms with Crippen LogP contribution in [0.2, 0.25) is 0 Å². The monoisotopic (exact) mass is 354 g/mol. The van der Waals surface area contributed by atoms with Crippen LogP contribution in [0.5, 0.6) is 11.5 Å². The van der Waals surface area contributed by atoms with Crippen LogP contribution in [0.3, 0.4) is 0 Å². The predicted octanol–water partition coefficient (Wildman–Crippen LogP) is 6.23. The molecule has 0 aliphatic heterocycles. The molecule has 2 rings (SSSR count). The van der Waals surface area contributed by atoms with Gasteiger partial charge < -0.3 is 0 Å². The summed E-state index contributed by atoms with van der Waals surface area (Å²) < 4.78 is 18.1. The fourth-order valence-corrected chi connectivity index (χ4v) is 5.07. The molecule has 23 heavy (non-hydrogen) atoms. The molecule has 0 fully saturated rings. The molecular formula is C18H24ClO3P. The minimum absolute atomic E-state index is 0.487. The molecule has 0 saturated carbocycles. The fraction of sp³-hybridized carbons (Fsp3) is 0.333. The van der Waals surface area contributed by atoms with E-state index in [1.807, 2.05) is 83.1 Å². The van der Waals surface area contributed by atoms with Crippen LogP contribution >= 0.6 is 18.5 Å². The number of aryl methyl sites for hydroxylation is 2. The van der Waals surface area contributed by atoms with Gasteiger partial charge in [-0.1, -0.05) is 0 Å². The standard InChI is InChI=1S/C18H24ClO3P/c1-14-10-6-8-12-16(14)20-23(19,22-18(3,4)5)21-17-13-9-7-11-15(17)2/h6-13,23H,1-5H3. The first-order valence-electron chi connectivity index (χ1n) is 7.57. The van der Waals surface area contributed by atoms with E-state index in [0.717, 1.165) is 11.1 Å². The van der Waals surface area contributed by atoms with Gasteiger partial charge in [0.1, 0.15) is 0 Å². The molecule has 0 aliphatic carbocycles. The summed E-state index contributed by atoms with van der Waals surface area (Å²) in [5.74, 6) is 1.35. The van der Waals surface area contributed by atoms with Crippen LogP contribution in [0.1, 0.15) is 31.9 Å². The number of halogens is 1. The quantitative estimate of drug-likeness (QED) is 0.596. The summed E-state index contributed by atoms with van der Waals surface area (Å²) in [5, 5.41) is 0. The van der Waals surface area contributed by atoms with Crippen molar-refractivity contribution in [2.45, 2.75) is 40.2 Å². The van der Waals surface area contributed by atoms with E-state index in [1.165, 1.54) is 0 Å². The minimum atomic E-state index is -3.46. The van der Waals surface area contributed by atoms with E-state index in [1.54, 1.807) is 0 Å². The van der Waals surface area contributed by atoms with Gasteiger partial charge in [-0.3, -0.25) is 0 Å². The zero-order valence-electron chi connectivity index (χ0n) is 14.2. The zero-order chi connectivity index (χ0) is 17.1. The van der Waals surface area contributed by atoms with Crippen molar-refractivity contribution in [2.24, 2.45) is 0 Å². The predicted molar refractivity (Wildman–Crippen MR) is 98.6 cm³/mol. The maximum atomic E-state index is 6.71. The van der Waals surface area contributed by atoms with Crippen LogP contribution in [0.15, 0.2) is 48.5 Å². The first-order chi connectivity index (χ1) is 10.7. The first-order valence-corrected chi connectivity index (χ1v) is 10.3. The molecule has 0 aromatic heterocycles. The van der Waals surface area contributed by atoms with Gasteiger partial charge in [0.05, 0.1) is 0 Å². The van der Waals surface area contributed by atoms with Crippen molar-refractivity contribution in [1.82, 2.24) is 0 Å². The van der Waals surface area contributed by atoms with E-state index in [0.29, 0.717) is 11.5 Å². The van der Waals surface area contributed by atoms with Gasteiger partial charge in [0.2, 0.25) is 0 Å². The second kappa shape index (κ2) is 7.09. The molecule has 3 nitrogen and oxygen atoms in total. The summed E-state index contributed by atoms with van der Waals surface area (Å²) >= 11 is 6.71. The molecule has 0 unspecified atom stereocenters. The van der Waals surface area contributed by atoms with E-state index < -0.39 is 12.9 Å². The molecule has 0 amide bonds.